The minimum atomic E-state index is -1.30. The lowest BCUT2D eigenvalue weighted by Gasteiger charge is -2.10. The second kappa shape index (κ2) is 7.36. The Morgan fingerprint density at radius 3 is 2.75 bits per heavy atom. The second-order valence-corrected chi connectivity index (χ2v) is 8.29. The molecule has 0 radical (unpaired) electrons. The Bertz CT molecular complexity index is 1660. The van der Waals surface area contributed by atoms with E-state index in [1.54, 1.807) is 41.1 Å². The summed E-state index contributed by atoms with van der Waals surface area (Å²) in [6, 6.07) is 8.15. The van der Waals surface area contributed by atoms with Crippen LogP contribution in [0.2, 0.25) is 5.02 Å². The number of H-pyrrole nitrogens is 1. The summed E-state index contributed by atoms with van der Waals surface area (Å²) in [5.74, 6) is -1.01. The maximum absolute atomic E-state index is 13.2. The van der Waals surface area contributed by atoms with Gasteiger partial charge in [-0.1, -0.05) is 11.6 Å². The SMILES string of the molecule is Nc1cc(Cn2c(C(=O)O)c(-n3c(=O)[nH]c4cscc4c3=O)c3cc(Cl)ccc32)ccn1. The fraction of sp³-hybridized carbons (Fsp3) is 0.0476. The predicted molar refractivity (Wildman–Crippen MR) is 123 cm³/mol. The normalized spacial score (nSPS) is 11.4. The number of nitrogen functional groups attached to an aromatic ring is 1. The van der Waals surface area contributed by atoms with Crippen molar-refractivity contribution in [1.29, 1.82) is 0 Å². The molecule has 0 aliphatic heterocycles. The monoisotopic (exact) mass is 467 g/mol. The van der Waals surface area contributed by atoms with Crippen LogP contribution in [-0.2, 0) is 6.54 Å². The molecule has 4 heterocycles. The molecule has 0 saturated heterocycles. The molecule has 0 fully saturated rings. The highest BCUT2D eigenvalue weighted by molar-refractivity contribution is 7.09. The fourth-order valence-corrected chi connectivity index (χ4v) is 4.76. The molecule has 5 rings (SSSR count). The van der Waals surface area contributed by atoms with Gasteiger partial charge in [-0.15, -0.1) is 11.3 Å². The Morgan fingerprint density at radius 1 is 1.19 bits per heavy atom. The number of hydrogen-bond acceptors (Lipinski definition) is 6. The van der Waals surface area contributed by atoms with Crippen molar-refractivity contribution in [1.82, 2.24) is 19.1 Å². The molecule has 0 spiro atoms. The summed E-state index contributed by atoms with van der Waals surface area (Å²) >= 11 is 7.46. The third kappa shape index (κ3) is 3.08. The average molecular weight is 468 g/mol. The van der Waals surface area contributed by atoms with Gasteiger partial charge < -0.3 is 20.4 Å². The van der Waals surface area contributed by atoms with Crippen molar-refractivity contribution in [2.75, 3.05) is 5.73 Å². The number of thiophene rings is 1. The summed E-state index contributed by atoms with van der Waals surface area (Å²) < 4.78 is 2.37. The van der Waals surface area contributed by atoms with Crippen molar-refractivity contribution in [3.05, 3.63) is 84.4 Å². The minimum absolute atomic E-state index is 0.0450. The Labute approximate surface area is 187 Å². The number of carboxylic acid groups (broad SMARTS) is 1. The van der Waals surface area contributed by atoms with Crippen LogP contribution >= 0.6 is 22.9 Å². The third-order valence-electron chi connectivity index (χ3n) is 5.15. The van der Waals surface area contributed by atoms with Gasteiger partial charge in [0.15, 0.2) is 5.69 Å². The number of anilines is 1. The number of rotatable bonds is 4. The zero-order valence-electron chi connectivity index (χ0n) is 16.2. The molecular weight excluding hydrogens is 454 g/mol. The van der Waals surface area contributed by atoms with Gasteiger partial charge in [0.05, 0.1) is 22.1 Å². The molecule has 0 amide bonds. The molecule has 5 aromatic rings. The van der Waals surface area contributed by atoms with Crippen LogP contribution in [0.3, 0.4) is 0 Å². The van der Waals surface area contributed by atoms with E-state index in [9.17, 15) is 19.5 Å². The van der Waals surface area contributed by atoms with Gasteiger partial charge in [-0.25, -0.2) is 19.1 Å². The summed E-state index contributed by atoms with van der Waals surface area (Å²) in [4.78, 5) is 45.2. The zero-order chi connectivity index (χ0) is 22.6. The van der Waals surface area contributed by atoms with E-state index in [4.69, 9.17) is 17.3 Å². The third-order valence-corrected chi connectivity index (χ3v) is 6.13. The van der Waals surface area contributed by atoms with Crippen molar-refractivity contribution >= 4 is 56.5 Å². The van der Waals surface area contributed by atoms with Crippen molar-refractivity contribution in [2.24, 2.45) is 0 Å². The summed E-state index contributed by atoms with van der Waals surface area (Å²) in [7, 11) is 0. The van der Waals surface area contributed by atoms with Gasteiger partial charge in [0.25, 0.3) is 5.56 Å². The summed E-state index contributed by atoms with van der Waals surface area (Å²) in [6.07, 6.45) is 1.52. The number of carboxylic acids is 1. The number of halogens is 1. The first kappa shape index (κ1) is 20.0. The van der Waals surface area contributed by atoms with Crippen LogP contribution in [0.5, 0.6) is 0 Å². The van der Waals surface area contributed by atoms with Crippen LogP contribution in [0.15, 0.2) is 56.9 Å². The van der Waals surface area contributed by atoms with Crippen LogP contribution in [0, 0.1) is 0 Å². The highest BCUT2D eigenvalue weighted by Gasteiger charge is 2.27. The number of aromatic nitrogens is 4. The topological polar surface area (TPSA) is 136 Å². The van der Waals surface area contributed by atoms with E-state index >= 15 is 0 Å². The van der Waals surface area contributed by atoms with E-state index in [1.165, 1.54) is 22.1 Å². The Hall–Kier alpha value is -3.89. The van der Waals surface area contributed by atoms with E-state index in [2.05, 4.69) is 9.97 Å². The number of fused-ring (bicyclic) bond motifs is 2. The summed E-state index contributed by atoms with van der Waals surface area (Å²) in [6.45, 7) is 0.125. The lowest BCUT2D eigenvalue weighted by Crippen LogP contribution is -2.34. The second-order valence-electron chi connectivity index (χ2n) is 7.11. The molecule has 9 nitrogen and oxygen atoms in total. The van der Waals surface area contributed by atoms with Crippen LogP contribution in [0.1, 0.15) is 16.1 Å². The molecule has 0 unspecified atom stereocenters. The van der Waals surface area contributed by atoms with Crippen molar-refractivity contribution < 1.29 is 9.90 Å². The summed E-state index contributed by atoms with van der Waals surface area (Å²) in [5.41, 5.74) is 5.75. The van der Waals surface area contributed by atoms with Gasteiger partial charge in [-0.3, -0.25) is 4.79 Å². The molecule has 0 saturated carbocycles. The van der Waals surface area contributed by atoms with Gasteiger partial charge in [0, 0.05) is 33.9 Å². The van der Waals surface area contributed by atoms with Gasteiger partial charge in [0.1, 0.15) is 5.82 Å². The van der Waals surface area contributed by atoms with Gasteiger partial charge in [0.2, 0.25) is 0 Å². The maximum atomic E-state index is 13.2. The van der Waals surface area contributed by atoms with Gasteiger partial charge in [-0.05, 0) is 35.9 Å². The molecule has 1 aromatic carbocycles. The molecule has 4 aromatic heterocycles. The number of nitrogens with zero attached hydrogens (tertiary/aromatic N) is 3. The van der Waals surface area contributed by atoms with Crippen LogP contribution in [0.4, 0.5) is 5.82 Å². The molecule has 32 heavy (non-hydrogen) atoms. The van der Waals surface area contributed by atoms with Crippen molar-refractivity contribution in [2.45, 2.75) is 6.54 Å². The number of hydrogen-bond donors (Lipinski definition) is 3. The first-order chi connectivity index (χ1) is 15.3. The highest BCUT2D eigenvalue weighted by atomic mass is 35.5. The number of nitrogens with two attached hydrogens (primary N) is 1. The van der Waals surface area contributed by atoms with E-state index < -0.39 is 17.2 Å². The molecule has 0 bridgehead atoms. The number of pyridine rings is 1. The first-order valence-corrected chi connectivity index (χ1v) is 10.6. The molecule has 11 heteroatoms. The van der Waals surface area contributed by atoms with Gasteiger partial charge in [-0.2, -0.15) is 0 Å². The number of benzene rings is 1. The summed E-state index contributed by atoms with van der Waals surface area (Å²) in [5, 5.41) is 14.4. The predicted octanol–water partition coefficient (Wildman–Crippen LogP) is 3.07. The van der Waals surface area contributed by atoms with Crippen molar-refractivity contribution in [3.63, 3.8) is 0 Å². The van der Waals surface area contributed by atoms with E-state index in [1.807, 2.05) is 0 Å². The first-order valence-electron chi connectivity index (χ1n) is 9.32. The standard InChI is InChI=1S/C21H14ClN5O4S/c22-11-1-2-15-12(6-11)17(27-19(28)13-8-32-9-14(13)25-21(27)31)18(20(29)30)26(15)7-10-3-4-24-16(23)5-10/h1-6,8-9H,7H2,(H2,23,24)(H,25,31)(H,29,30). The lowest BCUT2D eigenvalue weighted by atomic mass is 10.2. The van der Waals surface area contributed by atoms with E-state index in [-0.39, 0.29) is 29.1 Å². The smallest absolute Gasteiger partial charge is 0.354 e. The number of carbonyl (C=O) groups is 1. The quantitative estimate of drug-likeness (QED) is 0.371. The van der Waals surface area contributed by atoms with E-state index in [0.29, 0.717) is 27.0 Å². The van der Waals surface area contributed by atoms with Crippen LogP contribution in [0.25, 0.3) is 27.5 Å². The largest absolute Gasteiger partial charge is 0.477 e. The van der Waals surface area contributed by atoms with Crippen LogP contribution < -0.4 is 17.0 Å². The maximum Gasteiger partial charge on any atom is 0.354 e. The fourth-order valence-electron chi connectivity index (χ4n) is 3.84. The molecule has 0 atom stereocenters. The number of aromatic amines is 1. The van der Waals surface area contributed by atoms with Crippen LogP contribution in [-0.4, -0.2) is 30.2 Å². The van der Waals surface area contributed by atoms with E-state index in [0.717, 1.165) is 4.57 Å². The Kier molecular flexibility index (Phi) is 4.61. The number of nitrogens with one attached hydrogen (secondary N) is 1. The Morgan fingerprint density at radius 2 is 2.00 bits per heavy atom. The average Bonchev–Trinajstić information content (AvgIpc) is 3.31. The Balaban J connectivity index is 1.91. The molecule has 0 aliphatic carbocycles. The molecule has 160 valence electrons. The molecule has 0 aliphatic rings. The lowest BCUT2D eigenvalue weighted by molar-refractivity contribution is 0.0686. The molecular formula is C21H14ClN5O4S. The molecule has 4 N–H and O–H groups in total. The highest BCUT2D eigenvalue weighted by Crippen LogP contribution is 2.32. The number of aromatic carboxylic acids is 1. The zero-order valence-corrected chi connectivity index (χ0v) is 17.8. The minimum Gasteiger partial charge on any atom is -0.477 e. The van der Waals surface area contributed by atoms with Crippen molar-refractivity contribution in [3.8, 4) is 5.69 Å². The van der Waals surface area contributed by atoms with Gasteiger partial charge >= 0.3 is 11.7 Å².